The Balaban J connectivity index is 0.00000220. The van der Waals surface area contributed by atoms with Crippen molar-refractivity contribution in [1.82, 2.24) is 10.2 Å². The Labute approximate surface area is 135 Å². The Morgan fingerprint density at radius 2 is 2.24 bits per heavy atom. The maximum Gasteiger partial charge on any atom is 0.264 e. The predicted molar refractivity (Wildman–Crippen MR) is 86.9 cm³/mol. The fourth-order valence-electron chi connectivity index (χ4n) is 2.26. The SMILES string of the molecule is CC(C)(N)CNC(=O)C1CCCN1C(=O)c1cccs1.Cl. The van der Waals surface area contributed by atoms with E-state index in [-0.39, 0.29) is 30.3 Å². The third-order valence-electron chi connectivity index (χ3n) is 3.27. The first-order valence-electron chi connectivity index (χ1n) is 6.79. The van der Waals surface area contributed by atoms with E-state index in [1.54, 1.807) is 11.0 Å². The first kappa shape index (κ1) is 17.9. The molecule has 2 rings (SSSR count). The van der Waals surface area contributed by atoms with Gasteiger partial charge in [0.05, 0.1) is 4.88 Å². The molecule has 2 heterocycles. The molecule has 5 nitrogen and oxygen atoms in total. The molecule has 1 aliphatic rings. The smallest absolute Gasteiger partial charge is 0.264 e. The first-order valence-corrected chi connectivity index (χ1v) is 7.67. The van der Waals surface area contributed by atoms with Crippen molar-refractivity contribution in [1.29, 1.82) is 0 Å². The van der Waals surface area contributed by atoms with Crippen molar-refractivity contribution in [2.45, 2.75) is 38.3 Å². The maximum atomic E-state index is 12.4. The molecule has 0 aromatic carbocycles. The first-order chi connectivity index (χ1) is 9.38. The molecule has 1 fully saturated rings. The van der Waals surface area contributed by atoms with Gasteiger partial charge in [-0.25, -0.2) is 0 Å². The lowest BCUT2D eigenvalue weighted by atomic mass is 10.1. The van der Waals surface area contributed by atoms with Crippen LogP contribution in [-0.4, -0.2) is 41.4 Å². The largest absolute Gasteiger partial charge is 0.352 e. The second kappa shape index (κ2) is 7.24. The molecule has 1 atom stereocenters. The Morgan fingerprint density at radius 3 is 2.81 bits per heavy atom. The molecular formula is C14H22ClN3O2S. The van der Waals surface area contributed by atoms with E-state index >= 15 is 0 Å². The summed E-state index contributed by atoms with van der Waals surface area (Å²) in [6, 6.07) is 3.27. The lowest BCUT2D eigenvalue weighted by Crippen LogP contribution is -2.51. The lowest BCUT2D eigenvalue weighted by molar-refractivity contribution is -0.125. The zero-order chi connectivity index (χ0) is 14.8. The molecule has 21 heavy (non-hydrogen) atoms. The molecule has 1 aromatic rings. The maximum absolute atomic E-state index is 12.4. The standard InChI is InChI=1S/C14H21N3O2S.ClH/c1-14(2,15)9-16-12(18)10-5-3-7-17(10)13(19)11-6-4-8-20-11;/h4,6,8,10H,3,5,7,9,15H2,1-2H3,(H,16,18);1H. The molecule has 2 amide bonds. The molecule has 1 aliphatic heterocycles. The molecule has 0 aliphatic carbocycles. The Kier molecular flexibility index (Phi) is 6.19. The van der Waals surface area contributed by atoms with Gasteiger partial charge in [-0.15, -0.1) is 23.7 Å². The van der Waals surface area contributed by atoms with Crippen molar-refractivity contribution in [2.75, 3.05) is 13.1 Å². The number of nitrogens with zero attached hydrogens (tertiary/aromatic N) is 1. The van der Waals surface area contributed by atoms with Crippen LogP contribution < -0.4 is 11.1 Å². The summed E-state index contributed by atoms with van der Waals surface area (Å²) in [6.07, 6.45) is 1.58. The molecule has 0 saturated carbocycles. The number of carbonyl (C=O) groups is 2. The van der Waals surface area contributed by atoms with Crippen molar-refractivity contribution in [3.63, 3.8) is 0 Å². The summed E-state index contributed by atoms with van der Waals surface area (Å²) in [5.74, 6) is -0.157. The number of likely N-dealkylation sites (tertiary alicyclic amines) is 1. The normalized spacial score (nSPS) is 18.2. The van der Waals surface area contributed by atoms with Crippen LogP contribution in [0.4, 0.5) is 0 Å². The summed E-state index contributed by atoms with van der Waals surface area (Å²) in [5.41, 5.74) is 5.41. The zero-order valence-corrected chi connectivity index (χ0v) is 13.9. The van der Waals surface area contributed by atoms with Crippen LogP contribution in [0, 0.1) is 0 Å². The van der Waals surface area contributed by atoms with Crippen LogP contribution in [0.15, 0.2) is 17.5 Å². The van der Waals surface area contributed by atoms with Crippen LogP contribution in [0.5, 0.6) is 0 Å². The molecular weight excluding hydrogens is 310 g/mol. The Morgan fingerprint density at radius 1 is 1.52 bits per heavy atom. The summed E-state index contributed by atoms with van der Waals surface area (Å²) in [4.78, 5) is 26.9. The Bertz CT molecular complexity index is 485. The minimum absolute atomic E-state index is 0. The fraction of sp³-hybridized carbons (Fsp3) is 0.571. The summed E-state index contributed by atoms with van der Waals surface area (Å²) < 4.78 is 0. The fourth-order valence-corrected chi connectivity index (χ4v) is 2.94. The summed E-state index contributed by atoms with van der Waals surface area (Å²) in [7, 11) is 0. The predicted octanol–water partition coefficient (Wildman–Crippen LogP) is 1.63. The summed E-state index contributed by atoms with van der Waals surface area (Å²) in [5, 5.41) is 4.71. The second-order valence-electron chi connectivity index (χ2n) is 5.84. The van der Waals surface area contributed by atoms with Gasteiger partial charge in [0.15, 0.2) is 0 Å². The number of hydrogen-bond donors (Lipinski definition) is 2. The van der Waals surface area contributed by atoms with E-state index in [9.17, 15) is 9.59 Å². The third-order valence-corrected chi connectivity index (χ3v) is 4.12. The molecule has 0 bridgehead atoms. The molecule has 7 heteroatoms. The zero-order valence-electron chi connectivity index (χ0n) is 12.3. The lowest BCUT2D eigenvalue weighted by Gasteiger charge is -2.25. The van der Waals surface area contributed by atoms with E-state index in [2.05, 4.69) is 5.32 Å². The molecule has 1 unspecified atom stereocenters. The van der Waals surface area contributed by atoms with Crippen molar-refractivity contribution in [3.8, 4) is 0 Å². The number of halogens is 1. The van der Waals surface area contributed by atoms with E-state index in [1.165, 1.54) is 11.3 Å². The molecule has 118 valence electrons. The van der Waals surface area contributed by atoms with Gasteiger partial charge in [-0.05, 0) is 38.1 Å². The summed E-state index contributed by atoms with van der Waals surface area (Å²) >= 11 is 1.41. The van der Waals surface area contributed by atoms with Crippen molar-refractivity contribution in [3.05, 3.63) is 22.4 Å². The van der Waals surface area contributed by atoms with Gasteiger partial charge >= 0.3 is 0 Å². The minimum atomic E-state index is -0.448. The van der Waals surface area contributed by atoms with Gasteiger partial charge in [-0.3, -0.25) is 9.59 Å². The van der Waals surface area contributed by atoms with Gasteiger partial charge < -0.3 is 16.0 Å². The number of nitrogens with two attached hydrogens (primary N) is 1. The molecule has 0 spiro atoms. The number of amides is 2. The van der Waals surface area contributed by atoms with E-state index in [4.69, 9.17) is 5.73 Å². The summed E-state index contributed by atoms with van der Waals surface area (Å²) in [6.45, 7) is 4.76. The van der Waals surface area contributed by atoms with Gasteiger partial charge in [0.1, 0.15) is 6.04 Å². The van der Waals surface area contributed by atoms with Crippen LogP contribution in [0.3, 0.4) is 0 Å². The highest BCUT2D eigenvalue weighted by Gasteiger charge is 2.35. The number of rotatable bonds is 4. The quantitative estimate of drug-likeness (QED) is 0.880. The average molecular weight is 332 g/mol. The van der Waals surface area contributed by atoms with E-state index in [1.807, 2.05) is 25.3 Å². The molecule has 1 saturated heterocycles. The van der Waals surface area contributed by atoms with Gasteiger partial charge in [-0.1, -0.05) is 6.07 Å². The molecule has 0 radical (unpaired) electrons. The highest BCUT2D eigenvalue weighted by Crippen LogP contribution is 2.22. The average Bonchev–Trinajstić information content (AvgIpc) is 3.04. The van der Waals surface area contributed by atoms with Crippen molar-refractivity contribution in [2.24, 2.45) is 5.73 Å². The number of carbonyl (C=O) groups excluding carboxylic acids is 2. The monoisotopic (exact) mass is 331 g/mol. The van der Waals surface area contributed by atoms with E-state index in [0.29, 0.717) is 24.4 Å². The highest BCUT2D eigenvalue weighted by molar-refractivity contribution is 7.12. The van der Waals surface area contributed by atoms with Gasteiger partial charge in [0.2, 0.25) is 5.91 Å². The topological polar surface area (TPSA) is 75.4 Å². The van der Waals surface area contributed by atoms with E-state index < -0.39 is 5.54 Å². The van der Waals surface area contributed by atoms with Crippen LogP contribution in [0.2, 0.25) is 0 Å². The number of nitrogens with one attached hydrogen (secondary N) is 1. The van der Waals surface area contributed by atoms with Gasteiger partial charge in [0.25, 0.3) is 5.91 Å². The van der Waals surface area contributed by atoms with Crippen LogP contribution in [0.25, 0.3) is 0 Å². The van der Waals surface area contributed by atoms with Crippen LogP contribution >= 0.6 is 23.7 Å². The number of thiophene rings is 1. The highest BCUT2D eigenvalue weighted by atomic mass is 35.5. The second-order valence-corrected chi connectivity index (χ2v) is 6.79. The molecule has 1 aromatic heterocycles. The van der Waals surface area contributed by atoms with Gasteiger partial charge in [0, 0.05) is 18.6 Å². The molecule has 3 N–H and O–H groups in total. The van der Waals surface area contributed by atoms with Crippen molar-refractivity contribution < 1.29 is 9.59 Å². The van der Waals surface area contributed by atoms with Crippen LogP contribution in [0.1, 0.15) is 36.4 Å². The third kappa shape index (κ3) is 4.69. The van der Waals surface area contributed by atoms with Gasteiger partial charge in [-0.2, -0.15) is 0 Å². The van der Waals surface area contributed by atoms with E-state index in [0.717, 1.165) is 6.42 Å². The van der Waals surface area contributed by atoms with Crippen molar-refractivity contribution >= 4 is 35.6 Å². The Hall–Kier alpha value is -1.11. The number of hydrogen-bond acceptors (Lipinski definition) is 4. The van der Waals surface area contributed by atoms with Crippen LogP contribution in [-0.2, 0) is 4.79 Å². The minimum Gasteiger partial charge on any atom is -0.352 e.